The minimum Gasteiger partial charge on any atom is -0.489 e. The average molecular weight is 264 g/mol. The molecule has 1 aromatic carbocycles. The highest BCUT2D eigenvalue weighted by Gasteiger charge is 2.22. The Balaban J connectivity index is 1.80. The van der Waals surface area contributed by atoms with E-state index in [0.29, 0.717) is 24.0 Å². The maximum absolute atomic E-state index is 12.2. The highest BCUT2D eigenvalue weighted by Crippen LogP contribution is 2.31. The minimum absolute atomic E-state index is 0.0250. The van der Waals surface area contributed by atoms with Gasteiger partial charge < -0.3 is 15.4 Å². The van der Waals surface area contributed by atoms with Crippen molar-refractivity contribution in [2.75, 3.05) is 30.0 Å². The van der Waals surface area contributed by atoms with E-state index in [1.807, 2.05) is 30.0 Å². The fraction of sp³-hybridized carbons (Fsp3) is 0.462. The van der Waals surface area contributed by atoms with Crippen LogP contribution in [0.1, 0.15) is 16.8 Å². The van der Waals surface area contributed by atoms with E-state index >= 15 is 0 Å². The van der Waals surface area contributed by atoms with Gasteiger partial charge in [-0.1, -0.05) is 6.07 Å². The first-order chi connectivity index (χ1) is 8.84. The number of benzene rings is 1. The Morgan fingerprint density at radius 3 is 3.28 bits per heavy atom. The molecule has 2 aliphatic heterocycles. The number of nitrogens with one attached hydrogen (secondary N) is 2. The molecule has 1 fully saturated rings. The lowest BCUT2D eigenvalue weighted by Crippen LogP contribution is -2.35. The van der Waals surface area contributed by atoms with Gasteiger partial charge in [0.1, 0.15) is 6.61 Å². The topological polar surface area (TPSA) is 50.4 Å². The van der Waals surface area contributed by atoms with E-state index in [9.17, 15) is 4.79 Å². The molecule has 2 aliphatic rings. The average Bonchev–Trinajstić information content (AvgIpc) is 2.91. The molecule has 1 unspecified atom stereocenters. The monoisotopic (exact) mass is 264 g/mol. The summed E-state index contributed by atoms with van der Waals surface area (Å²) in [6.45, 7) is 1.40. The summed E-state index contributed by atoms with van der Waals surface area (Å²) in [4.78, 5) is 12.2. The highest BCUT2D eigenvalue weighted by atomic mass is 32.2. The molecule has 96 valence electrons. The molecule has 0 aliphatic carbocycles. The number of fused-ring (bicyclic) bond motifs is 1. The number of anilines is 1. The van der Waals surface area contributed by atoms with Crippen LogP contribution in [0.15, 0.2) is 18.2 Å². The van der Waals surface area contributed by atoms with Gasteiger partial charge in [0.25, 0.3) is 5.91 Å². The van der Waals surface area contributed by atoms with E-state index in [1.165, 1.54) is 0 Å². The Bertz CT molecular complexity index is 458. The zero-order valence-corrected chi connectivity index (χ0v) is 10.9. The van der Waals surface area contributed by atoms with Gasteiger partial charge in [-0.3, -0.25) is 4.79 Å². The maximum atomic E-state index is 12.2. The molecule has 1 aromatic rings. The smallest absolute Gasteiger partial charge is 0.255 e. The summed E-state index contributed by atoms with van der Waals surface area (Å²) < 4.78 is 5.61. The van der Waals surface area contributed by atoms with Gasteiger partial charge in [0.15, 0.2) is 5.75 Å². The first-order valence-corrected chi connectivity index (χ1v) is 7.38. The van der Waals surface area contributed by atoms with E-state index in [2.05, 4.69) is 10.6 Å². The molecule has 3 rings (SSSR count). The third kappa shape index (κ3) is 2.27. The first kappa shape index (κ1) is 11.7. The summed E-state index contributed by atoms with van der Waals surface area (Å²) in [5.41, 5.74) is 1.55. The zero-order chi connectivity index (χ0) is 12.4. The van der Waals surface area contributed by atoms with E-state index in [-0.39, 0.29) is 5.91 Å². The highest BCUT2D eigenvalue weighted by molar-refractivity contribution is 7.99. The van der Waals surface area contributed by atoms with Gasteiger partial charge in [0.05, 0.1) is 11.3 Å². The number of carbonyl (C=O) groups excluding carboxylic acids is 1. The number of hydrogen-bond acceptors (Lipinski definition) is 4. The first-order valence-electron chi connectivity index (χ1n) is 6.23. The molecule has 0 aromatic heterocycles. The third-order valence-corrected chi connectivity index (χ3v) is 4.35. The number of carbonyl (C=O) groups is 1. The SMILES string of the molecule is O=C(NC1CCSC1)c1cccc2c1OCCN2. The van der Waals surface area contributed by atoms with E-state index < -0.39 is 0 Å². The predicted molar refractivity (Wildman–Crippen MR) is 73.6 cm³/mol. The fourth-order valence-corrected chi connectivity index (χ4v) is 3.41. The zero-order valence-electron chi connectivity index (χ0n) is 10.1. The van der Waals surface area contributed by atoms with Crippen LogP contribution in [0.25, 0.3) is 0 Å². The lowest BCUT2D eigenvalue weighted by Gasteiger charge is -2.22. The van der Waals surface area contributed by atoms with Crippen LogP contribution in [0.2, 0.25) is 0 Å². The van der Waals surface area contributed by atoms with Crippen LogP contribution in [-0.2, 0) is 0 Å². The number of para-hydroxylation sites is 1. The number of amides is 1. The molecule has 2 N–H and O–H groups in total. The maximum Gasteiger partial charge on any atom is 0.255 e. The summed E-state index contributed by atoms with van der Waals surface area (Å²) in [5.74, 6) is 2.81. The van der Waals surface area contributed by atoms with Crippen molar-refractivity contribution in [3.8, 4) is 5.75 Å². The van der Waals surface area contributed by atoms with Crippen molar-refractivity contribution in [3.63, 3.8) is 0 Å². The number of rotatable bonds is 2. The standard InChI is InChI=1S/C13H16N2O2S/c16-13(15-9-4-7-18-8-9)10-2-1-3-11-12(10)17-6-5-14-11/h1-3,9,14H,4-8H2,(H,15,16). The Morgan fingerprint density at radius 2 is 2.44 bits per heavy atom. The lowest BCUT2D eigenvalue weighted by atomic mass is 10.1. The third-order valence-electron chi connectivity index (χ3n) is 3.19. The van der Waals surface area contributed by atoms with Gasteiger partial charge in [-0.2, -0.15) is 11.8 Å². The van der Waals surface area contributed by atoms with Crippen LogP contribution < -0.4 is 15.4 Å². The molecule has 18 heavy (non-hydrogen) atoms. The van der Waals surface area contributed by atoms with Gasteiger partial charge in [0, 0.05) is 18.3 Å². The van der Waals surface area contributed by atoms with Gasteiger partial charge in [0.2, 0.25) is 0 Å². The Hall–Kier alpha value is -1.36. The summed E-state index contributed by atoms with van der Waals surface area (Å²) in [6.07, 6.45) is 1.06. The molecule has 5 heteroatoms. The summed E-state index contributed by atoms with van der Waals surface area (Å²) >= 11 is 1.89. The van der Waals surface area contributed by atoms with Crippen molar-refractivity contribution in [2.24, 2.45) is 0 Å². The minimum atomic E-state index is -0.0250. The van der Waals surface area contributed by atoms with Crippen molar-refractivity contribution in [2.45, 2.75) is 12.5 Å². The van der Waals surface area contributed by atoms with Gasteiger partial charge in [-0.15, -0.1) is 0 Å². The molecular formula is C13H16N2O2S. The molecule has 0 bridgehead atoms. The normalized spacial score (nSPS) is 21.7. The molecule has 2 heterocycles. The Kier molecular flexibility index (Phi) is 3.32. The van der Waals surface area contributed by atoms with Crippen molar-refractivity contribution < 1.29 is 9.53 Å². The number of ether oxygens (including phenoxy) is 1. The molecule has 1 amide bonds. The molecule has 1 atom stereocenters. The molecule has 4 nitrogen and oxygen atoms in total. The second kappa shape index (κ2) is 5.10. The van der Waals surface area contributed by atoms with E-state index in [4.69, 9.17) is 4.74 Å². The Morgan fingerprint density at radius 1 is 1.50 bits per heavy atom. The predicted octanol–water partition coefficient (Wildman–Crippen LogP) is 1.73. The van der Waals surface area contributed by atoms with Crippen molar-refractivity contribution in [3.05, 3.63) is 23.8 Å². The quantitative estimate of drug-likeness (QED) is 0.854. The van der Waals surface area contributed by atoms with E-state index in [0.717, 1.165) is 30.2 Å². The van der Waals surface area contributed by atoms with Crippen molar-refractivity contribution in [1.82, 2.24) is 5.32 Å². The Labute approximate surface area is 110 Å². The van der Waals surface area contributed by atoms with Crippen LogP contribution in [0.4, 0.5) is 5.69 Å². The second-order valence-electron chi connectivity index (χ2n) is 4.49. The number of hydrogen-bond donors (Lipinski definition) is 2. The van der Waals surface area contributed by atoms with Gasteiger partial charge in [-0.05, 0) is 24.3 Å². The summed E-state index contributed by atoms with van der Waals surface area (Å²) in [5, 5.41) is 6.32. The molecular weight excluding hydrogens is 248 g/mol. The second-order valence-corrected chi connectivity index (χ2v) is 5.64. The van der Waals surface area contributed by atoms with Gasteiger partial charge >= 0.3 is 0 Å². The van der Waals surface area contributed by atoms with Crippen molar-refractivity contribution >= 4 is 23.4 Å². The molecule has 0 radical (unpaired) electrons. The van der Waals surface area contributed by atoms with Crippen molar-refractivity contribution in [1.29, 1.82) is 0 Å². The van der Waals surface area contributed by atoms with E-state index in [1.54, 1.807) is 0 Å². The largest absolute Gasteiger partial charge is 0.489 e. The van der Waals surface area contributed by atoms with Crippen LogP contribution in [-0.4, -0.2) is 36.6 Å². The van der Waals surface area contributed by atoms with Crippen LogP contribution in [0, 0.1) is 0 Å². The lowest BCUT2D eigenvalue weighted by molar-refractivity contribution is 0.0937. The van der Waals surface area contributed by atoms with Crippen LogP contribution >= 0.6 is 11.8 Å². The number of thioether (sulfide) groups is 1. The fourth-order valence-electron chi connectivity index (χ4n) is 2.26. The molecule has 0 saturated carbocycles. The van der Waals surface area contributed by atoms with Crippen LogP contribution in [0.3, 0.4) is 0 Å². The molecule has 0 spiro atoms. The molecule has 1 saturated heterocycles. The summed E-state index contributed by atoms with van der Waals surface area (Å²) in [7, 11) is 0. The van der Waals surface area contributed by atoms with Crippen LogP contribution in [0.5, 0.6) is 5.75 Å². The van der Waals surface area contributed by atoms with Gasteiger partial charge in [-0.25, -0.2) is 0 Å². The summed E-state index contributed by atoms with van der Waals surface area (Å²) in [6, 6.07) is 5.95.